The molecule has 21 heavy (non-hydrogen) atoms. The Bertz CT molecular complexity index is 531. The minimum absolute atomic E-state index is 0.0815. The molecule has 0 saturated heterocycles. The summed E-state index contributed by atoms with van der Waals surface area (Å²) in [5.41, 5.74) is -0.0815. The number of nitrogens with one attached hydrogen (secondary N) is 1. The second-order valence-corrected chi connectivity index (χ2v) is 8.56. The first kappa shape index (κ1) is 18.1. The second-order valence-electron chi connectivity index (χ2n) is 6.51. The molecule has 0 aliphatic carbocycles. The van der Waals surface area contributed by atoms with Crippen LogP contribution >= 0.6 is 0 Å². The number of hydrogen-bond acceptors (Lipinski definition) is 4. The van der Waals surface area contributed by atoms with Gasteiger partial charge >= 0.3 is 0 Å². The number of sulfonamides is 1. The van der Waals surface area contributed by atoms with Crippen molar-refractivity contribution in [3.63, 3.8) is 0 Å². The van der Waals surface area contributed by atoms with Gasteiger partial charge in [-0.3, -0.25) is 4.68 Å². The largest absolute Gasteiger partial charge is 0.315 e. The van der Waals surface area contributed by atoms with Gasteiger partial charge in [-0.15, -0.1) is 0 Å². The summed E-state index contributed by atoms with van der Waals surface area (Å²) in [5.74, 6) is 0. The molecule has 6 nitrogen and oxygen atoms in total. The fourth-order valence-electron chi connectivity index (χ4n) is 2.03. The van der Waals surface area contributed by atoms with Gasteiger partial charge in [0.1, 0.15) is 4.90 Å². The molecule has 0 saturated carbocycles. The van der Waals surface area contributed by atoms with Crippen LogP contribution in [0.25, 0.3) is 0 Å². The molecule has 7 heteroatoms. The Morgan fingerprint density at radius 3 is 2.57 bits per heavy atom. The van der Waals surface area contributed by atoms with Crippen molar-refractivity contribution in [3.05, 3.63) is 12.4 Å². The lowest BCUT2D eigenvalue weighted by molar-refractivity contribution is 0.311. The molecule has 0 fully saturated rings. The molecule has 1 aromatic rings. The zero-order chi connectivity index (χ0) is 16.1. The molecule has 1 aromatic heterocycles. The lowest BCUT2D eigenvalue weighted by Crippen LogP contribution is -2.34. The predicted octanol–water partition coefficient (Wildman–Crippen LogP) is 1.55. The van der Waals surface area contributed by atoms with Crippen LogP contribution in [-0.4, -0.2) is 49.2 Å². The minimum atomic E-state index is -3.46. The van der Waals surface area contributed by atoms with Crippen LogP contribution in [0.5, 0.6) is 0 Å². The van der Waals surface area contributed by atoms with Gasteiger partial charge in [-0.25, -0.2) is 12.7 Å². The quantitative estimate of drug-likeness (QED) is 0.739. The molecular weight excluding hydrogens is 288 g/mol. The van der Waals surface area contributed by atoms with Gasteiger partial charge in [0.25, 0.3) is 0 Å². The summed E-state index contributed by atoms with van der Waals surface area (Å²) in [5, 5.41) is 7.39. The van der Waals surface area contributed by atoms with E-state index < -0.39 is 10.0 Å². The fraction of sp³-hybridized carbons (Fsp3) is 0.786. The van der Waals surface area contributed by atoms with E-state index >= 15 is 0 Å². The standard InChI is InChI=1S/C14H28N4O2S/c1-6-7-15-8-9-18-11-13(10-16-18)21(19,20)17(5)12-14(2,3)4/h10-11,15H,6-9,12H2,1-5H3. The fourth-order valence-corrected chi connectivity index (χ4v) is 3.38. The van der Waals surface area contributed by atoms with Crippen LogP contribution in [0.1, 0.15) is 34.1 Å². The maximum Gasteiger partial charge on any atom is 0.245 e. The normalized spacial score (nSPS) is 13.0. The van der Waals surface area contributed by atoms with E-state index in [-0.39, 0.29) is 10.3 Å². The number of nitrogens with zero attached hydrogens (tertiary/aromatic N) is 3. The molecule has 0 bridgehead atoms. The molecule has 0 spiro atoms. The van der Waals surface area contributed by atoms with E-state index in [1.54, 1.807) is 17.9 Å². The van der Waals surface area contributed by atoms with E-state index in [1.807, 2.05) is 20.8 Å². The lowest BCUT2D eigenvalue weighted by atomic mass is 9.97. The van der Waals surface area contributed by atoms with Crippen LogP contribution in [0.2, 0.25) is 0 Å². The number of rotatable bonds is 8. The number of hydrogen-bond donors (Lipinski definition) is 1. The van der Waals surface area contributed by atoms with Gasteiger partial charge in [0.15, 0.2) is 0 Å². The molecule has 0 radical (unpaired) electrons. The highest BCUT2D eigenvalue weighted by molar-refractivity contribution is 7.89. The van der Waals surface area contributed by atoms with Gasteiger partial charge in [0.05, 0.1) is 12.7 Å². The van der Waals surface area contributed by atoms with Crippen molar-refractivity contribution in [1.29, 1.82) is 0 Å². The van der Waals surface area contributed by atoms with E-state index in [0.29, 0.717) is 13.1 Å². The van der Waals surface area contributed by atoms with Crippen molar-refractivity contribution in [2.75, 3.05) is 26.7 Å². The topological polar surface area (TPSA) is 67.2 Å². The Balaban J connectivity index is 2.70. The van der Waals surface area contributed by atoms with Crippen molar-refractivity contribution in [2.24, 2.45) is 5.41 Å². The first-order valence-corrected chi connectivity index (χ1v) is 8.80. The van der Waals surface area contributed by atoms with Crippen LogP contribution in [0.4, 0.5) is 0 Å². The highest BCUT2D eigenvalue weighted by atomic mass is 32.2. The molecule has 0 aliphatic heterocycles. The third-order valence-corrected chi connectivity index (χ3v) is 4.72. The monoisotopic (exact) mass is 316 g/mol. The third-order valence-electron chi connectivity index (χ3n) is 2.96. The molecule has 1 N–H and O–H groups in total. The summed E-state index contributed by atoms with van der Waals surface area (Å²) < 4.78 is 28.0. The second kappa shape index (κ2) is 7.38. The summed E-state index contributed by atoms with van der Waals surface area (Å²) in [4.78, 5) is 0.254. The maximum absolute atomic E-state index is 12.5. The minimum Gasteiger partial charge on any atom is -0.315 e. The predicted molar refractivity (Wildman–Crippen MR) is 84.7 cm³/mol. The summed E-state index contributed by atoms with van der Waals surface area (Å²) in [7, 11) is -1.85. The van der Waals surface area contributed by atoms with Crippen LogP contribution in [-0.2, 0) is 16.6 Å². The Kier molecular flexibility index (Phi) is 6.37. The summed E-state index contributed by atoms with van der Waals surface area (Å²) in [6.45, 7) is 11.0. The first-order valence-electron chi connectivity index (χ1n) is 7.36. The molecule has 1 rings (SSSR count). The Morgan fingerprint density at radius 1 is 1.33 bits per heavy atom. The molecule has 0 aliphatic rings. The third kappa shape index (κ3) is 5.76. The summed E-state index contributed by atoms with van der Waals surface area (Å²) >= 11 is 0. The first-order chi connectivity index (χ1) is 9.66. The number of aromatic nitrogens is 2. The molecule has 0 unspecified atom stereocenters. The van der Waals surface area contributed by atoms with Crippen LogP contribution < -0.4 is 5.32 Å². The Hall–Kier alpha value is -0.920. The van der Waals surface area contributed by atoms with Crippen LogP contribution in [0.3, 0.4) is 0 Å². The molecule has 0 amide bonds. The van der Waals surface area contributed by atoms with Gasteiger partial charge in [-0.05, 0) is 18.4 Å². The summed E-state index contributed by atoms with van der Waals surface area (Å²) in [6, 6.07) is 0. The van der Waals surface area contributed by atoms with Crippen molar-refractivity contribution >= 4 is 10.0 Å². The Labute approximate surface area is 128 Å². The highest BCUT2D eigenvalue weighted by Crippen LogP contribution is 2.20. The van der Waals surface area contributed by atoms with Gasteiger partial charge in [0.2, 0.25) is 10.0 Å². The average molecular weight is 316 g/mol. The van der Waals surface area contributed by atoms with Crippen LogP contribution in [0.15, 0.2) is 17.3 Å². The van der Waals surface area contributed by atoms with Gasteiger partial charge in [0, 0.05) is 26.3 Å². The van der Waals surface area contributed by atoms with Gasteiger partial charge < -0.3 is 5.32 Å². The highest BCUT2D eigenvalue weighted by Gasteiger charge is 2.26. The van der Waals surface area contributed by atoms with E-state index in [1.165, 1.54) is 10.5 Å². The summed E-state index contributed by atoms with van der Waals surface area (Å²) in [6.07, 6.45) is 4.10. The van der Waals surface area contributed by atoms with E-state index in [4.69, 9.17) is 0 Å². The van der Waals surface area contributed by atoms with Crippen molar-refractivity contribution in [2.45, 2.75) is 45.6 Å². The molecular formula is C14H28N4O2S. The van der Waals surface area contributed by atoms with Crippen molar-refractivity contribution in [1.82, 2.24) is 19.4 Å². The van der Waals surface area contributed by atoms with Crippen LogP contribution in [0, 0.1) is 5.41 Å². The average Bonchev–Trinajstić information content (AvgIpc) is 2.82. The Morgan fingerprint density at radius 2 is 2.00 bits per heavy atom. The zero-order valence-electron chi connectivity index (χ0n) is 13.8. The maximum atomic E-state index is 12.5. The smallest absolute Gasteiger partial charge is 0.245 e. The van der Waals surface area contributed by atoms with E-state index in [2.05, 4.69) is 17.3 Å². The molecule has 122 valence electrons. The van der Waals surface area contributed by atoms with E-state index in [9.17, 15) is 8.42 Å². The van der Waals surface area contributed by atoms with Crippen molar-refractivity contribution < 1.29 is 8.42 Å². The van der Waals surface area contributed by atoms with Crippen molar-refractivity contribution in [3.8, 4) is 0 Å². The SMILES string of the molecule is CCCNCCn1cc(S(=O)(=O)N(C)CC(C)(C)C)cn1. The molecule has 0 aromatic carbocycles. The van der Waals surface area contributed by atoms with Gasteiger partial charge in [-0.2, -0.15) is 5.10 Å². The lowest BCUT2D eigenvalue weighted by Gasteiger charge is -2.25. The molecule has 0 atom stereocenters. The molecule has 1 heterocycles. The van der Waals surface area contributed by atoms with E-state index in [0.717, 1.165) is 19.5 Å². The van der Waals surface area contributed by atoms with Gasteiger partial charge in [-0.1, -0.05) is 27.7 Å². The zero-order valence-corrected chi connectivity index (χ0v) is 14.6.